The molecule has 0 atom stereocenters. The van der Waals surface area contributed by atoms with E-state index in [0.29, 0.717) is 11.8 Å². The highest BCUT2D eigenvalue weighted by molar-refractivity contribution is 5.95. The van der Waals surface area contributed by atoms with Crippen LogP contribution in [0.4, 0.5) is 5.69 Å². The smallest absolute Gasteiger partial charge is 0.321 e. The first-order chi connectivity index (χ1) is 9.86. The number of hydrogen-bond donors (Lipinski definition) is 1. The third-order valence-corrected chi connectivity index (χ3v) is 2.88. The van der Waals surface area contributed by atoms with Gasteiger partial charge in [0.25, 0.3) is 0 Å². The van der Waals surface area contributed by atoms with Crippen LogP contribution in [0.2, 0.25) is 0 Å². The summed E-state index contributed by atoms with van der Waals surface area (Å²) in [6.07, 6.45) is 3.24. The summed E-state index contributed by atoms with van der Waals surface area (Å²) in [5, 5.41) is 2.92. The third-order valence-electron chi connectivity index (χ3n) is 2.88. The molecule has 5 heteroatoms. The molecule has 21 heavy (non-hydrogen) atoms. The van der Waals surface area contributed by atoms with Gasteiger partial charge < -0.3 is 10.1 Å². The molecule has 0 spiro atoms. The van der Waals surface area contributed by atoms with Crippen molar-refractivity contribution in [2.45, 2.75) is 27.7 Å². The number of hydrogen-bond acceptors (Lipinski definition) is 4. The van der Waals surface area contributed by atoms with Gasteiger partial charge in [0.05, 0.1) is 0 Å². The van der Waals surface area contributed by atoms with Gasteiger partial charge in [-0.25, -0.2) is 9.97 Å². The van der Waals surface area contributed by atoms with Gasteiger partial charge in [0, 0.05) is 23.5 Å². The van der Waals surface area contributed by atoms with Gasteiger partial charge in [-0.15, -0.1) is 0 Å². The van der Waals surface area contributed by atoms with Gasteiger partial charge in [-0.2, -0.15) is 0 Å². The number of amides is 1. The fourth-order valence-corrected chi connectivity index (χ4v) is 1.59. The van der Waals surface area contributed by atoms with E-state index in [1.54, 1.807) is 24.5 Å². The number of anilines is 1. The van der Waals surface area contributed by atoms with Crippen LogP contribution in [-0.4, -0.2) is 15.9 Å². The summed E-state index contributed by atoms with van der Waals surface area (Å²) < 4.78 is 5.55. The molecule has 0 saturated heterocycles. The van der Waals surface area contributed by atoms with Crippen molar-refractivity contribution in [3.05, 3.63) is 42.2 Å². The molecule has 0 fully saturated rings. The zero-order valence-corrected chi connectivity index (χ0v) is 12.7. The molecule has 2 aromatic rings. The van der Waals surface area contributed by atoms with E-state index in [9.17, 15) is 4.79 Å². The minimum absolute atomic E-state index is 0.0225. The number of aromatic nitrogens is 2. The number of ether oxygens (including phenoxy) is 1. The van der Waals surface area contributed by atoms with Crippen LogP contribution < -0.4 is 10.1 Å². The minimum Gasteiger partial charge on any atom is -0.424 e. The van der Waals surface area contributed by atoms with Gasteiger partial charge >= 0.3 is 6.01 Å². The van der Waals surface area contributed by atoms with Gasteiger partial charge in [-0.3, -0.25) is 4.79 Å². The Hall–Kier alpha value is -2.43. The minimum atomic E-state index is -0.431. The lowest BCUT2D eigenvalue weighted by Crippen LogP contribution is -2.27. The van der Waals surface area contributed by atoms with Gasteiger partial charge in [0.1, 0.15) is 5.75 Å². The highest BCUT2D eigenvalue weighted by Crippen LogP contribution is 2.25. The number of nitrogens with one attached hydrogen (secondary N) is 1. The van der Waals surface area contributed by atoms with Crippen molar-refractivity contribution in [3.8, 4) is 11.8 Å². The van der Waals surface area contributed by atoms with Gasteiger partial charge in [0.2, 0.25) is 5.91 Å². The maximum atomic E-state index is 12.0. The van der Waals surface area contributed by atoms with E-state index < -0.39 is 5.41 Å². The maximum Gasteiger partial charge on any atom is 0.321 e. The second-order valence-corrected chi connectivity index (χ2v) is 5.81. The fraction of sp³-hybridized carbons (Fsp3) is 0.312. The average Bonchev–Trinajstić information content (AvgIpc) is 2.42. The number of carbonyl (C=O) groups is 1. The molecule has 0 unspecified atom stereocenters. The molecule has 0 bridgehead atoms. The monoisotopic (exact) mass is 285 g/mol. The van der Waals surface area contributed by atoms with Gasteiger partial charge in [-0.05, 0) is 36.8 Å². The molecular weight excluding hydrogens is 266 g/mol. The molecule has 0 radical (unpaired) electrons. The first-order valence-electron chi connectivity index (χ1n) is 6.73. The maximum absolute atomic E-state index is 12.0. The first kappa shape index (κ1) is 15.0. The average molecular weight is 285 g/mol. The molecule has 110 valence electrons. The quantitative estimate of drug-likeness (QED) is 0.936. The van der Waals surface area contributed by atoms with Crippen LogP contribution in [0.1, 0.15) is 26.3 Å². The summed E-state index contributed by atoms with van der Waals surface area (Å²) in [5.74, 6) is 0.609. The Morgan fingerprint density at radius 1 is 1.19 bits per heavy atom. The van der Waals surface area contributed by atoms with Crippen molar-refractivity contribution in [2.75, 3.05) is 5.32 Å². The molecule has 0 aliphatic rings. The molecule has 1 heterocycles. The van der Waals surface area contributed by atoms with Gasteiger partial charge in [0.15, 0.2) is 0 Å². The van der Waals surface area contributed by atoms with Crippen LogP contribution in [0.25, 0.3) is 0 Å². The number of rotatable bonds is 3. The molecule has 1 aromatic heterocycles. The van der Waals surface area contributed by atoms with Crippen molar-refractivity contribution in [3.63, 3.8) is 0 Å². The SMILES string of the molecule is Cc1cc(Oc2ncccn2)ccc1NC(=O)C(C)(C)C. The summed E-state index contributed by atoms with van der Waals surface area (Å²) in [6.45, 7) is 7.54. The van der Waals surface area contributed by atoms with E-state index in [1.165, 1.54) is 0 Å². The van der Waals surface area contributed by atoms with Crippen LogP contribution >= 0.6 is 0 Å². The normalized spacial score (nSPS) is 11.0. The Morgan fingerprint density at radius 3 is 2.43 bits per heavy atom. The zero-order valence-electron chi connectivity index (χ0n) is 12.7. The standard InChI is InChI=1S/C16H19N3O2/c1-11-10-12(21-15-17-8-5-9-18-15)6-7-13(11)19-14(20)16(2,3)4/h5-10H,1-4H3,(H,19,20). The van der Waals surface area contributed by atoms with Gasteiger partial charge in [-0.1, -0.05) is 20.8 Å². The lowest BCUT2D eigenvalue weighted by Gasteiger charge is -2.19. The van der Waals surface area contributed by atoms with E-state index in [2.05, 4.69) is 15.3 Å². The Labute approximate surface area is 124 Å². The Morgan fingerprint density at radius 2 is 1.86 bits per heavy atom. The van der Waals surface area contributed by atoms with Crippen molar-refractivity contribution >= 4 is 11.6 Å². The number of aryl methyl sites for hydroxylation is 1. The Kier molecular flexibility index (Phi) is 4.21. The Balaban J connectivity index is 2.13. The predicted molar refractivity (Wildman–Crippen MR) is 81.4 cm³/mol. The molecule has 1 N–H and O–H groups in total. The van der Waals surface area contributed by atoms with Crippen molar-refractivity contribution in [2.24, 2.45) is 5.41 Å². The Bertz CT molecular complexity index is 634. The highest BCUT2D eigenvalue weighted by Gasteiger charge is 2.21. The second-order valence-electron chi connectivity index (χ2n) is 5.81. The predicted octanol–water partition coefficient (Wildman–Crippen LogP) is 3.56. The van der Waals surface area contributed by atoms with Crippen LogP contribution in [-0.2, 0) is 4.79 Å². The van der Waals surface area contributed by atoms with Crippen LogP contribution in [0.15, 0.2) is 36.7 Å². The fourth-order valence-electron chi connectivity index (χ4n) is 1.59. The third kappa shape index (κ3) is 4.02. The summed E-state index contributed by atoms with van der Waals surface area (Å²) >= 11 is 0. The van der Waals surface area contributed by atoms with Crippen LogP contribution in [0, 0.1) is 12.3 Å². The van der Waals surface area contributed by atoms with E-state index >= 15 is 0 Å². The van der Waals surface area contributed by atoms with E-state index in [4.69, 9.17) is 4.74 Å². The second kappa shape index (κ2) is 5.91. The summed E-state index contributed by atoms with van der Waals surface area (Å²) in [7, 11) is 0. The number of nitrogens with zero attached hydrogens (tertiary/aromatic N) is 2. The number of carbonyl (C=O) groups excluding carboxylic acids is 1. The number of benzene rings is 1. The molecule has 1 amide bonds. The largest absolute Gasteiger partial charge is 0.424 e. The first-order valence-corrected chi connectivity index (χ1v) is 6.73. The molecule has 0 aliphatic carbocycles. The van der Waals surface area contributed by atoms with Crippen molar-refractivity contribution in [1.82, 2.24) is 9.97 Å². The van der Waals surface area contributed by atoms with Crippen LogP contribution in [0.5, 0.6) is 11.8 Å². The summed E-state index contributed by atoms with van der Waals surface area (Å²) in [4.78, 5) is 20.0. The topological polar surface area (TPSA) is 64.1 Å². The van der Waals surface area contributed by atoms with E-state index in [0.717, 1.165) is 11.3 Å². The summed E-state index contributed by atoms with van der Waals surface area (Å²) in [6, 6.07) is 7.46. The highest BCUT2D eigenvalue weighted by atomic mass is 16.5. The van der Waals surface area contributed by atoms with E-state index in [-0.39, 0.29) is 5.91 Å². The zero-order chi connectivity index (χ0) is 15.5. The molecule has 1 aromatic carbocycles. The lowest BCUT2D eigenvalue weighted by molar-refractivity contribution is -0.123. The van der Waals surface area contributed by atoms with Crippen LogP contribution in [0.3, 0.4) is 0 Å². The summed E-state index contributed by atoms with van der Waals surface area (Å²) in [5.41, 5.74) is 1.26. The molecule has 0 aliphatic heterocycles. The lowest BCUT2D eigenvalue weighted by atomic mass is 9.95. The van der Waals surface area contributed by atoms with Crippen molar-refractivity contribution < 1.29 is 9.53 Å². The van der Waals surface area contributed by atoms with E-state index in [1.807, 2.05) is 39.8 Å². The molecule has 5 nitrogen and oxygen atoms in total. The molecule has 2 rings (SSSR count). The molecular formula is C16H19N3O2. The molecule has 0 saturated carbocycles. The van der Waals surface area contributed by atoms with Crippen molar-refractivity contribution in [1.29, 1.82) is 0 Å².